The maximum absolute atomic E-state index is 12.9. The Labute approximate surface area is 248 Å². The first-order chi connectivity index (χ1) is 20.3. The fourth-order valence-electron chi connectivity index (χ4n) is 5.69. The van der Waals surface area contributed by atoms with E-state index in [-0.39, 0.29) is 23.5 Å². The van der Waals surface area contributed by atoms with Crippen LogP contribution in [0.5, 0.6) is 0 Å². The van der Waals surface area contributed by atoms with Crippen molar-refractivity contribution in [2.24, 2.45) is 0 Å². The predicted molar refractivity (Wildman–Crippen MR) is 159 cm³/mol. The van der Waals surface area contributed by atoms with Gasteiger partial charge in [0.05, 0.1) is 37.5 Å². The maximum atomic E-state index is 12.9. The standard InChI is InChI=1S/C30H33ClN10O/c1-30(2,31)29(42)39-15-13-38(14-16-39)25(21-9-5-3-6-10-21)26(22-11-7-4-8-12-22)41-18-23(36-37-41)17-40-20-35-27(32)24-28(40)34-19-33-24/h3-12,18-20,25-26,32H,13-17H2,1-2H3,(H,33,34). The van der Waals surface area contributed by atoms with Crippen LogP contribution in [0.1, 0.15) is 42.8 Å². The Kier molecular flexibility index (Phi) is 7.61. The number of alkyl halides is 1. The van der Waals surface area contributed by atoms with Crippen molar-refractivity contribution in [2.45, 2.75) is 37.4 Å². The third kappa shape index (κ3) is 5.57. The summed E-state index contributed by atoms with van der Waals surface area (Å²) < 4.78 is 3.80. The number of aromatic amines is 1. The van der Waals surface area contributed by atoms with Crippen LogP contribution in [0.4, 0.5) is 0 Å². The van der Waals surface area contributed by atoms with Gasteiger partial charge in [0.15, 0.2) is 11.1 Å². The maximum Gasteiger partial charge on any atom is 0.243 e. The number of imidazole rings is 1. The summed E-state index contributed by atoms with van der Waals surface area (Å²) in [6.07, 6.45) is 5.15. The van der Waals surface area contributed by atoms with Crippen LogP contribution < -0.4 is 5.49 Å². The number of rotatable bonds is 8. The van der Waals surface area contributed by atoms with Gasteiger partial charge in [0.2, 0.25) is 5.91 Å². The number of aromatic nitrogens is 7. The van der Waals surface area contributed by atoms with Gasteiger partial charge in [-0.3, -0.25) is 15.1 Å². The van der Waals surface area contributed by atoms with Crippen LogP contribution in [0.15, 0.2) is 79.5 Å². The lowest BCUT2D eigenvalue weighted by atomic mass is 9.91. The Hall–Kier alpha value is -4.35. The van der Waals surface area contributed by atoms with Crippen molar-refractivity contribution >= 4 is 28.7 Å². The molecular weight excluding hydrogens is 552 g/mol. The molecule has 0 radical (unpaired) electrons. The number of hydrogen-bond donors (Lipinski definition) is 2. The largest absolute Gasteiger partial charge is 0.340 e. The monoisotopic (exact) mass is 584 g/mol. The summed E-state index contributed by atoms with van der Waals surface area (Å²) in [6.45, 7) is 6.48. The molecule has 42 heavy (non-hydrogen) atoms. The van der Waals surface area contributed by atoms with E-state index in [1.165, 1.54) is 0 Å². The molecule has 1 aliphatic rings. The van der Waals surface area contributed by atoms with Crippen molar-refractivity contribution in [3.05, 3.63) is 102 Å². The van der Waals surface area contributed by atoms with Gasteiger partial charge in [0.1, 0.15) is 16.1 Å². The average Bonchev–Trinajstić information content (AvgIpc) is 3.68. The second-order valence-corrected chi connectivity index (χ2v) is 12.0. The fraction of sp³-hybridized carbons (Fsp3) is 0.333. The van der Waals surface area contributed by atoms with E-state index in [1.54, 1.807) is 26.5 Å². The molecule has 2 atom stereocenters. The van der Waals surface area contributed by atoms with E-state index in [4.69, 9.17) is 17.0 Å². The molecule has 6 rings (SSSR count). The topological polar surface area (TPSA) is 125 Å². The van der Waals surface area contributed by atoms with E-state index in [9.17, 15) is 4.79 Å². The number of halogens is 1. The first kappa shape index (κ1) is 27.8. The van der Waals surface area contributed by atoms with Crippen molar-refractivity contribution in [1.29, 1.82) is 5.41 Å². The van der Waals surface area contributed by atoms with E-state index in [1.807, 2.05) is 44.6 Å². The molecule has 0 spiro atoms. The second kappa shape index (κ2) is 11.5. The molecule has 1 amide bonds. The van der Waals surface area contributed by atoms with Crippen molar-refractivity contribution < 1.29 is 4.79 Å². The Bertz CT molecular complexity index is 1720. The van der Waals surface area contributed by atoms with Gasteiger partial charge in [-0.25, -0.2) is 14.6 Å². The first-order valence-corrected chi connectivity index (χ1v) is 14.3. The molecular formula is C30H33ClN10O. The van der Waals surface area contributed by atoms with Crippen molar-refractivity contribution in [2.75, 3.05) is 26.2 Å². The highest BCUT2D eigenvalue weighted by Gasteiger charge is 2.37. The van der Waals surface area contributed by atoms with Crippen LogP contribution in [-0.2, 0) is 11.3 Å². The van der Waals surface area contributed by atoms with Crippen LogP contribution in [0, 0.1) is 5.41 Å². The summed E-state index contributed by atoms with van der Waals surface area (Å²) >= 11 is 6.37. The molecule has 0 bridgehead atoms. The lowest BCUT2D eigenvalue weighted by molar-refractivity contribution is -0.135. The number of carbonyl (C=O) groups excluding carboxylic acids is 1. The third-order valence-corrected chi connectivity index (χ3v) is 7.88. The zero-order chi connectivity index (χ0) is 29.3. The van der Waals surface area contributed by atoms with E-state index in [0.717, 1.165) is 16.8 Å². The molecule has 1 aliphatic heterocycles. The Morgan fingerprint density at radius 1 is 0.976 bits per heavy atom. The van der Waals surface area contributed by atoms with E-state index >= 15 is 0 Å². The molecule has 3 aromatic heterocycles. The first-order valence-electron chi connectivity index (χ1n) is 14.0. The van der Waals surface area contributed by atoms with Crippen molar-refractivity contribution in [3.8, 4) is 0 Å². The predicted octanol–water partition coefficient (Wildman–Crippen LogP) is 3.37. The van der Waals surface area contributed by atoms with Gasteiger partial charge in [0.25, 0.3) is 0 Å². The quantitative estimate of drug-likeness (QED) is 0.269. The fourth-order valence-corrected chi connectivity index (χ4v) is 5.81. The van der Waals surface area contributed by atoms with E-state index < -0.39 is 4.87 Å². The highest BCUT2D eigenvalue weighted by Crippen LogP contribution is 2.37. The minimum absolute atomic E-state index is 0.0444. The van der Waals surface area contributed by atoms with Crippen LogP contribution in [0.2, 0.25) is 0 Å². The molecule has 4 heterocycles. The second-order valence-electron chi connectivity index (χ2n) is 11.0. The molecule has 12 heteroatoms. The lowest BCUT2D eigenvalue weighted by Gasteiger charge is -2.43. The molecule has 5 aromatic rings. The van der Waals surface area contributed by atoms with Gasteiger partial charge < -0.3 is 14.5 Å². The number of H-pyrrole nitrogens is 1. The highest BCUT2D eigenvalue weighted by molar-refractivity contribution is 6.34. The van der Waals surface area contributed by atoms with Crippen LogP contribution in [0.3, 0.4) is 0 Å². The summed E-state index contributed by atoms with van der Waals surface area (Å²) in [5, 5.41) is 17.2. The minimum Gasteiger partial charge on any atom is -0.340 e. The van der Waals surface area contributed by atoms with Gasteiger partial charge in [-0.2, -0.15) is 0 Å². The Morgan fingerprint density at radius 3 is 2.26 bits per heavy atom. The zero-order valence-electron chi connectivity index (χ0n) is 23.6. The molecule has 216 valence electrons. The number of nitrogens with one attached hydrogen (secondary N) is 2. The average molecular weight is 585 g/mol. The zero-order valence-corrected chi connectivity index (χ0v) is 24.3. The van der Waals surface area contributed by atoms with Crippen molar-refractivity contribution in [3.63, 3.8) is 0 Å². The SMILES string of the molecule is CC(C)(Cl)C(=O)N1CCN(C(c2ccccc2)C(c2ccccc2)n2cc(Cn3cnc(=N)c4[nH]cnc43)nn2)CC1. The molecule has 1 saturated heterocycles. The number of hydrogen-bond acceptors (Lipinski definition) is 7. The summed E-state index contributed by atoms with van der Waals surface area (Å²) in [4.78, 5) is 27.8. The number of nitrogens with zero attached hydrogens (tertiary/aromatic N) is 8. The highest BCUT2D eigenvalue weighted by atomic mass is 35.5. The number of benzene rings is 2. The van der Waals surface area contributed by atoms with Crippen molar-refractivity contribution in [1.82, 2.24) is 44.3 Å². The van der Waals surface area contributed by atoms with E-state index in [2.05, 4.69) is 66.6 Å². The molecule has 0 saturated carbocycles. The smallest absolute Gasteiger partial charge is 0.243 e. The number of carbonyl (C=O) groups is 1. The summed E-state index contributed by atoms with van der Waals surface area (Å²) in [5.41, 5.74) is 4.37. The number of amides is 1. The summed E-state index contributed by atoms with van der Waals surface area (Å²) in [6, 6.07) is 20.5. The van der Waals surface area contributed by atoms with Gasteiger partial charge in [-0.1, -0.05) is 65.9 Å². The molecule has 2 aromatic carbocycles. The van der Waals surface area contributed by atoms with E-state index in [0.29, 0.717) is 43.9 Å². The normalized spacial score (nSPS) is 16.0. The molecule has 11 nitrogen and oxygen atoms in total. The lowest BCUT2D eigenvalue weighted by Crippen LogP contribution is -2.54. The molecule has 2 N–H and O–H groups in total. The van der Waals surface area contributed by atoms with Crippen LogP contribution in [0.25, 0.3) is 11.2 Å². The van der Waals surface area contributed by atoms with Crippen LogP contribution >= 0.6 is 11.6 Å². The number of fused-ring (bicyclic) bond motifs is 1. The van der Waals surface area contributed by atoms with Crippen LogP contribution in [-0.4, -0.2) is 81.3 Å². The third-order valence-electron chi connectivity index (χ3n) is 7.71. The van der Waals surface area contributed by atoms with Gasteiger partial charge >= 0.3 is 0 Å². The molecule has 1 fully saturated rings. The molecule has 0 aliphatic carbocycles. The van der Waals surface area contributed by atoms with Gasteiger partial charge in [-0.15, -0.1) is 16.7 Å². The van der Waals surface area contributed by atoms with Gasteiger partial charge in [0, 0.05) is 26.2 Å². The van der Waals surface area contributed by atoms with Gasteiger partial charge in [-0.05, 0) is 25.0 Å². The summed E-state index contributed by atoms with van der Waals surface area (Å²) in [7, 11) is 0. The summed E-state index contributed by atoms with van der Waals surface area (Å²) in [5.74, 6) is -0.0444. The number of piperazine rings is 1. The molecule has 2 unspecified atom stereocenters. The Morgan fingerprint density at radius 2 is 1.62 bits per heavy atom. The minimum atomic E-state index is -0.930. The Balaban J connectivity index is 1.36.